The van der Waals surface area contributed by atoms with E-state index >= 15 is 0 Å². The molecule has 1 aromatic carbocycles. The van der Waals surface area contributed by atoms with Gasteiger partial charge in [0.05, 0.1) is 14.2 Å². The summed E-state index contributed by atoms with van der Waals surface area (Å²) in [4.78, 5) is 16.9. The van der Waals surface area contributed by atoms with Crippen molar-refractivity contribution in [3.05, 3.63) is 23.8 Å². The lowest BCUT2D eigenvalue weighted by atomic mass is 9.97. The monoisotopic (exact) mass is 334 g/mol. The average molecular weight is 334 g/mol. The smallest absolute Gasteiger partial charge is 0.222 e. The largest absolute Gasteiger partial charge is 0.497 e. The van der Waals surface area contributed by atoms with Crippen LogP contribution in [0.2, 0.25) is 0 Å². The van der Waals surface area contributed by atoms with E-state index in [2.05, 4.69) is 18.9 Å². The summed E-state index contributed by atoms with van der Waals surface area (Å²) in [6.07, 6.45) is 3.24. The molecule has 134 valence electrons. The predicted octanol–water partition coefficient (Wildman–Crippen LogP) is 2.58. The van der Waals surface area contributed by atoms with Crippen LogP contribution >= 0.6 is 0 Å². The van der Waals surface area contributed by atoms with Crippen molar-refractivity contribution in [2.45, 2.75) is 44.7 Å². The van der Waals surface area contributed by atoms with Gasteiger partial charge in [0, 0.05) is 32.1 Å². The summed E-state index contributed by atoms with van der Waals surface area (Å²) >= 11 is 0. The molecule has 2 atom stereocenters. The number of likely N-dealkylation sites (tertiary alicyclic amines) is 1. The quantitative estimate of drug-likeness (QED) is 0.802. The van der Waals surface area contributed by atoms with Gasteiger partial charge in [-0.25, -0.2) is 0 Å². The molecule has 0 N–H and O–H groups in total. The molecule has 0 spiro atoms. The predicted molar refractivity (Wildman–Crippen MR) is 95.8 cm³/mol. The third-order valence-electron chi connectivity index (χ3n) is 5.22. The van der Waals surface area contributed by atoms with Crippen molar-refractivity contribution in [3.8, 4) is 11.5 Å². The molecule has 1 aromatic rings. The van der Waals surface area contributed by atoms with E-state index in [0.29, 0.717) is 24.9 Å². The number of methoxy groups -OCH3 is 2. The van der Waals surface area contributed by atoms with Crippen LogP contribution < -0.4 is 9.47 Å². The van der Waals surface area contributed by atoms with Crippen LogP contribution in [0.5, 0.6) is 11.5 Å². The molecule has 1 heterocycles. The molecule has 0 aromatic heterocycles. The van der Waals surface area contributed by atoms with Gasteiger partial charge in [-0.3, -0.25) is 4.79 Å². The molecular weight excluding hydrogens is 304 g/mol. The molecule has 24 heavy (non-hydrogen) atoms. The zero-order chi connectivity index (χ0) is 17.7. The number of benzene rings is 1. The van der Waals surface area contributed by atoms with Crippen molar-refractivity contribution in [2.75, 3.05) is 34.9 Å². The second-order valence-corrected chi connectivity index (χ2v) is 6.69. The Morgan fingerprint density at radius 2 is 2.08 bits per heavy atom. The molecule has 1 amide bonds. The Morgan fingerprint density at radius 3 is 2.71 bits per heavy atom. The van der Waals surface area contributed by atoms with E-state index in [1.54, 1.807) is 14.2 Å². The second-order valence-electron chi connectivity index (χ2n) is 6.69. The van der Waals surface area contributed by atoms with Gasteiger partial charge in [0.2, 0.25) is 5.91 Å². The van der Waals surface area contributed by atoms with E-state index in [4.69, 9.17) is 9.47 Å². The van der Waals surface area contributed by atoms with E-state index in [1.165, 1.54) is 0 Å². The SMILES string of the molecule is COc1ccc(OC)c(CCC(=O)N(C)[C@@H]2CCN(C)[C@@H](C)C2)c1. The maximum Gasteiger partial charge on any atom is 0.222 e. The summed E-state index contributed by atoms with van der Waals surface area (Å²) in [7, 11) is 7.39. The van der Waals surface area contributed by atoms with Crippen LogP contribution in [0.1, 0.15) is 31.7 Å². The third-order valence-corrected chi connectivity index (χ3v) is 5.22. The van der Waals surface area contributed by atoms with Gasteiger partial charge in [-0.1, -0.05) is 0 Å². The maximum absolute atomic E-state index is 12.6. The number of rotatable bonds is 6. The molecule has 1 fully saturated rings. The Hall–Kier alpha value is -1.75. The van der Waals surface area contributed by atoms with E-state index < -0.39 is 0 Å². The Kier molecular flexibility index (Phi) is 6.49. The van der Waals surface area contributed by atoms with Crippen LogP contribution in [0.3, 0.4) is 0 Å². The highest BCUT2D eigenvalue weighted by molar-refractivity contribution is 5.76. The first-order chi connectivity index (χ1) is 11.5. The fraction of sp³-hybridized carbons (Fsp3) is 0.632. The summed E-state index contributed by atoms with van der Waals surface area (Å²) < 4.78 is 10.7. The van der Waals surface area contributed by atoms with Gasteiger partial charge in [-0.15, -0.1) is 0 Å². The number of piperidine rings is 1. The van der Waals surface area contributed by atoms with Crippen LogP contribution in [0, 0.1) is 0 Å². The zero-order valence-electron chi connectivity index (χ0n) is 15.5. The molecule has 5 heteroatoms. The van der Waals surface area contributed by atoms with E-state index in [1.807, 2.05) is 30.1 Å². The first-order valence-electron chi connectivity index (χ1n) is 8.63. The number of ether oxygens (including phenoxy) is 2. The summed E-state index contributed by atoms with van der Waals surface area (Å²) in [5.74, 6) is 1.79. The molecule has 0 saturated carbocycles. The average Bonchev–Trinajstić information content (AvgIpc) is 2.60. The first-order valence-corrected chi connectivity index (χ1v) is 8.63. The van der Waals surface area contributed by atoms with Crippen molar-refractivity contribution >= 4 is 5.91 Å². The van der Waals surface area contributed by atoms with Gasteiger partial charge in [-0.2, -0.15) is 0 Å². The van der Waals surface area contributed by atoms with Gasteiger partial charge in [-0.05, 0) is 57.0 Å². The Labute approximate surface area is 145 Å². The van der Waals surface area contributed by atoms with E-state index in [0.717, 1.165) is 36.4 Å². The fourth-order valence-electron chi connectivity index (χ4n) is 3.32. The third kappa shape index (κ3) is 4.41. The minimum absolute atomic E-state index is 0.196. The number of carbonyl (C=O) groups is 1. The van der Waals surface area contributed by atoms with Crippen molar-refractivity contribution in [1.82, 2.24) is 9.80 Å². The number of hydrogen-bond acceptors (Lipinski definition) is 4. The number of nitrogens with zero attached hydrogens (tertiary/aromatic N) is 2. The molecular formula is C19H30N2O3. The van der Waals surface area contributed by atoms with Crippen LogP contribution in [-0.4, -0.2) is 62.7 Å². The fourth-order valence-corrected chi connectivity index (χ4v) is 3.32. The number of aryl methyl sites for hydroxylation is 1. The molecule has 1 saturated heterocycles. The Morgan fingerprint density at radius 1 is 1.33 bits per heavy atom. The molecule has 1 aliphatic heterocycles. The number of carbonyl (C=O) groups excluding carboxylic acids is 1. The van der Waals surface area contributed by atoms with Gasteiger partial charge >= 0.3 is 0 Å². The van der Waals surface area contributed by atoms with Gasteiger partial charge in [0.25, 0.3) is 0 Å². The highest BCUT2D eigenvalue weighted by Crippen LogP contribution is 2.26. The maximum atomic E-state index is 12.6. The normalized spacial score (nSPS) is 21.4. The van der Waals surface area contributed by atoms with Gasteiger partial charge in [0.1, 0.15) is 11.5 Å². The van der Waals surface area contributed by atoms with Crippen molar-refractivity contribution in [2.24, 2.45) is 0 Å². The minimum atomic E-state index is 0.196. The minimum Gasteiger partial charge on any atom is -0.497 e. The molecule has 0 bridgehead atoms. The van der Waals surface area contributed by atoms with Crippen LogP contribution in [0.4, 0.5) is 0 Å². The number of amides is 1. The summed E-state index contributed by atoms with van der Waals surface area (Å²) in [5.41, 5.74) is 1.01. The molecule has 0 aliphatic carbocycles. The lowest BCUT2D eigenvalue weighted by Gasteiger charge is -2.39. The van der Waals surface area contributed by atoms with Gasteiger partial charge in [0.15, 0.2) is 0 Å². The standard InChI is InChI=1S/C19H30N2O3/c1-14-12-16(10-11-20(14)2)21(3)19(22)9-6-15-13-17(23-4)7-8-18(15)24-5/h7-8,13-14,16H,6,9-12H2,1-5H3/t14-,16+/m0/s1. The highest BCUT2D eigenvalue weighted by Gasteiger charge is 2.27. The second kappa shape index (κ2) is 8.38. The topological polar surface area (TPSA) is 42.0 Å². The van der Waals surface area contributed by atoms with E-state index in [-0.39, 0.29) is 5.91 Å². The van der Waals surface area contributed by atoms with Crippen molar-refractivity contribution < 1.29 is 14.3 Å². The highest BCUT2D eigenvalue weighted by atomic mass is 16.5. The lowest BCUT2D eigenvalue weighted by Crippen LogP contribution is -2.48. The van der Waals surface area contributed by atoms with Crippen molar-refractivity contribution in [1.29, 1.82) is 0 Å². The molecule has 1 aliphatic rings. The van der Waals surface area contributed by atoms with Crippen LogP contribution in [0.25, 0.3) is 0 Å². The van der Waals surface area contributed by atoms with Crippen LogP contribution in [-0.2, 0) is 11.2 Å². The van der Waals surface area contributed by atoms with E-state index in [9.17, 15) is 4.79 Å². The van der Waals surface area contributed by atoms with Gasteiger partial charge < -0.3 is 19.3 Å². The summed E-state index contributed by atoms with van der Waals surface area (Å²) in [6.45, 7) is 3.28. The molecule has 2 rings (SSSR count). The first kappa shape index (κ1) is 18.6. The zero-order valence-corrected chi connectivity index (χ0v) is 15.5. The van der Waals surface area contributed by atoms with Crippen LogP contribution in [0.15, 0.2) is 18.2 Å². The summed E-state index contributed by atoms with van der Waals surface area (Å²) in [5, 5.41) is 0. The molecule has 0 unspecified atom stereocenters. The lowest BCUT2D eigenvalue weighted by molar-refractivity contribution is -0.133. The molecule has 0 radical (unpaired) electrons. The number of hydrogen-bond donors (Lipinski definition) is 0. The summed E-state index contributed by atoms with van der Waals surface area (Å²) in [6, 6.07) is 6.58. The Balaban J connectivity index is 1.95. The van der Waals surface area contributed by atoms with Crippen molar-refractivity contribution in [3.63, 3.8) is 0 Å². The Bertz CT molecular complexity index is 562. The molecule has 5 nitrogen and oxygen atoms in total.